The van der Waals surface area contributed by atoms with Crippen molar-refractivity contribution in [2.75, 3.05) is 19.6 Å². The summed E-state index contributed by atoms with van der Waals surface area (Å²) in [5.41, 5.74) is 1.43. The highest BCUT2D eigenvalue weighted by Gasteiger charge is 2.31. The number of amides is 1. The second-order valence-corrected chi connectivity index (χ2v) is 5.50. The highest BCUT2D eigenvalue weighted by molar-refractivity contribution is 7.07. The number of nitrogens with zero attached hydrogens (tertiary/aromatic N) is 1. The van der Waals surface area contributed by atoms with Gasteiger partial charge in [-0.3, -0.25) is 9.69 Å². The summed E-state index contributed by atoms with van der Waals surface area (Å²) in [4.78, 5) is 13.9. The maximum Gasteiger partial charge on any atom is 0.234 e. The minimum atomic E-state index is 0.144. The van der Waals surface area contributed by atoms with E-state index in [1.807, 2.05) is 6.92 Å². The first-order chi connectivity index (χ1) is 8.20. The number of carbonyl (C=O) groups is 1. The van der Waals surface area contributed by atoms with Gasteiger partial charge in [0.2, 0.25) is 5.91 Å². The minimum Gasteiger partial charge on any atom is -0.355 e. The van der Waals surface area contributed by atoms with Crippen molar-refractivity contribution in [1.29, 1.82) is 0 Å². The zero-order valence-corrected chi connectivity index (χ0v) is 11.3. The summed E-state index contributed by atoms with van der Waals surface area (Å²) in [6.07, 6.45) is 1.16. The smallest absolute Gasteiger partial charge is 0.234 e. The quantitative estimate of drug-likeness (QED) is 0.889. The molecule has 2 rings (SSSR count). The maximum atomic E-state index is 11.6. The van der Waals surface area contributed by atoms with Crippen LogP contribution in [0.1, 0.15) is 31.7 Å². The molecule has 4 heteroatoms. The predicted molar refractivity (Wildman–Crippen MR) is 71.4 cm³/mol. The van der Waals surface area contributed by atoms with Crippen molar-refractivity contribution in [2.24, 2.45) is 0 Å². The zero-order chi connectivity index (χ0) is 12.3. The molecule has 1 aliphatic rings. The Morgan fingerprint density at radius 2 is 2.47 bits per heavy atom. The number of hydrogen-bond acceptors (Lipinski definition) is 3. The standard InChI is InChI=1S/C13H20N2OS/c1-3-14-13(16)8-15-7-12(6-10(15)2)11-4-5-17-9-11/h4-5,9-10,12H,3,6-8H2,1-2H3,(H,14,16)/t10-,12+/m1/s1. The third-order valence-corrected chi connectivity index (χ3v) is 4.14. The Kier molecular flexibility index (Phi) is 4.18. The van der Waals surface area contributed by atoms with E-state index in [4.69, 9.17) is 0 Å². The Morgan fingerprint density at radius 1 is 1.65 bits per heavy atom. The van der Waals surface area contributed by atoms with Gasteiger partial charge in [-0.1, -0.05) is 0 Å². The Balaban J connectivity index is 1.91. The predicted octanol–water partition coefficient (Wildman–Crippen LogP) is 2.06. The average Bonchev–Trinajstić information content (AvgIpc) is 2.89. The van der Waals surface area contributed by atoms with Gasteiger partial charge >= 0.3 is 0 Å². The molecule has 1 saturated heterocycles. The van der Waals surface area contributed by atoms with E-state index >= 15 is 0 Å². The van der Waals surface area contributed by atoms with E-state index in [1.165, 1.54) is 5.56 Å². The van der Waals surface area contributed by atoms with Crippen molar-refractivity contribution in [2.45, 2.75) is 32.2 Å². The molecule has 0 radical (unpaired) electrons. The van der Waals surface area contributed by atoms with Crippen LogP contribution in [-0.4, -0.2) is 36.5 Å². The van der Waals surface area contributed by atoms with Gasteiger partial charge in [0.15, 0.2) is 0 Å². The monoisotopic (exact) mass is 252 g/mol. The fraction of sp³-hybridized carbons (Fsp3) is 0.615. The third kappa shape index (κ3) is 3.07. The van der Waals surface area contributed by atoms with E-state index in [1.54, 1.807) is 11.3 Å². The number of carbonyl (C=O) groups excluding carboxylic acids is 1. The maximum absolute atomic E-state index is 11.6. The summed E-state index contributed by atoms with van der Waals surface area (Å²) in [6, 6.07) is 2.71. The van der Waals surface area contributed by atoms with E-state index in [-0.39, 0.29) is 5.91 Å². The Morgan fingerprint density at radius 3 is 3.12 bits per heavy atom. The molecule has 1 amide bonds. The summed E-state index contributed by atoms with van der Waals surface area (Å²) < 4.78 is 0. The number of rotatable bonds is 4. The Hall–Kier alpha value is -0.870. The molecule has 1 fully saturated rings. The summed E-state index contributed by atoms with van der Waals surface area (Å²) >= 11 is 1.75. The molecule has 3 nitrogen and oxygen atoms in total. The van der Waals surface area contributed by atoms with Crippen LogP contribution >= 0.6 is 11.3 Å². The highest BCUT2D eigenvalue weighted by atomic mass is 32.1. The van der Waals surface area contributed by atoms with Gasteiger partial charge in [-0.25, -0.2) is 0 Å². The Labute approximate surface area is 107 Å². The van der Waals surface area contributed by atoms with E-state index < -0.39 is 0 Å². The van der Waals surface area contributed by atoms with Gasteiger partial charge in [-0.15, -0.1) is 0 Å². The van der Waals surface area contributed by atoms with Gasteiger partial charge in [-0.2, -0.15) is 11.3 Å². The summed E-state index contributed by atoms with van der Waals surface area (Å²) in [5.74, 6) is 0.746. The van der Waals surface area contributed by atoms with Gasteiger partial charge in [0.1, 0.15) is 0 Å². The lowest BCUT2D eigenvalue weighted by Crippen LogP contribution is -2.38. The summed E-state index contributed by atoms with van der Waals surface area (Å²) in [5, 5.41) is 7.22. The van der Waals surface area contributed by atoms with Gasteiger partial charge < -0.3 is 5.32 Å². The van der Waals surface area contributed by atoms with Crippen LogP contribution in [0.5, 0.6) is 0 Å². The Bertz CT molecular complexity index is 364. The zero-order valence-electron chi connectivity index (χ0n) is 10.5. The summed E-state index contributed by atoms with van der Waals surface area (Å²) in [7, 11) is 0. The fourth-order valence-corrected chi connectivity index (χ4v) is 3.25. The first-order valence-electron chi connectivity index (χ1n) is 6.23. The molecule has 0 bridgehead atoms. The normalized spacial score (nSPS) is 25.1. The second-order valence-electron chi connectivity index (χ2n) is 4.72. The van der Waals surface area contributed by atoms with Gasteiger partial charge in [0.25, 0.3) is 0 Å². The lowest BCUT2D eigenvalue weighted by atomic mass is 10.00. The van der Waals surface area contributed by atoms with E-state index in [0.29, 0.717) is 18.5 Å². The molecule has 0 unspecified atom stereocenters. The van der Waals surface area contributed by atoms with Gasteiger partial charge in [-0.05, 0) is 48.6 Å². The first kappa shape index (κ1) is 12.6. The molecule has 0 spiro atoms. The lowest BCUT2D eigenvalue weighted by Gasteiger charge is -2.19. The summed E-state index contributed by atoms with van der Waals surface area (Å²) in [6.45, 7) is 6.44. The molecule has 2 atom stereocenters. The molecule has 17 heavy (non-hydrogen) atoms. The SMILES string of the molecule is CCNC(=O)CN1C[C@@H](c2ccsc2)C[C@H]1C. The lowest BCUT2D eigenvalue weighted by molar-refractivity contribution is -0.122. The highest BCUT2D eigenvalue weighted by Crippen LogP contribution is 2.32. The van der Waals surface area contributed by atoms with Crippen LogP contribution in [0.2, 0.25) is 0 Å². The van der Waals surface area contributed by atoms with E-state index in [2.05, 4.69) is 34.0 Å². The van der Waals surface area contributed by atoms with Crippen LogP contribution in [-0.2, 0) is 4.79 Å². The van der Waals surface area contributed by atoms with Crippen molar-refractivity contribution in [3.63, 3.8) is 0 Å². The van der Waals surface area contributed by atoms with Crippen LogP contribution in [0.25, 0.3) is 0 Å². The molecule has 1 aromatic rings. The van der Waals surface area contributed by atoms with Crippen molar-refractivity contribution < 1.29 is 4.79 Å². The third-order valence-electron chi connectivity index (χ3n) is 3.44. The molecule has 0 aliphatic carbocycles. The molecule has 94 valence electrons. The first-order valence-corrected chi connectivity index (χ1v) is 7.17. The van der Waals surface area contributed by atoms with Crippen molar-refractivity contribution in [1.82, 2.24) is 10.2 Å². The van der Waals surface area contributed by atoms with Crippen molar-refractivity contribution in [3.8, 4) is 0 Å². The van der Waals surface area contributed by atoms with Crippen LogP contribution in [0.15, 0.2) is 16.8 Å². The van der Waals surface area contributed by atoms with E-state index in [9.17, 15) is 4.79 Å². The topological polar surface area (TPSA) is 32.3 Å². The molecule has 1 N–H and O–H groups in total. The number of thiophene rings is 1. The van der Waals surface area contributed by atoms with Crippen molar-refractivity contribution >= 4 is 17.2 Å². The number of hydrogen-bond donors (Lipinski definition) is 1. The van der Waals surface area contributed by atoms with Gasteiger partial charge in [0, 0.05) is 19.1 Å². The fourth-order valence-electron chi connectivity index (χ4n) is 2.51. The number of nitrogens with one attached hydrogen (secondary N) is 1. The molecule has 1 aliphatic heterocycles. The molecule has 2 heterocycles. The van der Waals surface area contributed by atoms with Crippen LogP contribution < -0.4 is 5.32 Å². The molecule has 1 aromatic heterocycles. The minimum absolute atomic E-state index is 0.144. The molecular formula is C13H20N2OS. The van der Waals surface area contributed by atoms with Crippen LogP contribution in [0.3, 0.4) is 0 Å². The molecule has 0 saturated carbocycles. The largest absolute Gasteiger partial charge is 0.355 e. The second kappa shape index (κ2) is 5.65. The van der Waals surface area contributed by atoms with Crippen LogP contribution in [0, 0.1) is 0 Å². The van der Waals surface area contributed by atoms with Crippen molar-refractivity contribution in [3.05, 3.63) is 22.4 Å². The van der Waals surface area contributed by atoms with Crippen LogP contribution in [0.4, 0.5) is 0 Å². The number of likely N-dealkylation sites (tertiary alicyclic amines) is 1. The number of likely N-dealkylation sites (N-methyl/N-ethyl adjacent to an activating group) is 1. The average molecular weight is 252 g/mol. The molecule has 0 aromatic carbocycles. The molecular weight excluding hydrogens is 232 g/mol. The van der Waals surface area contributed by atoms with E-state index in [0.717, 1.165) is 19.5 Å². The van der Waals surface area contributed by atoms with Gasteiger partial charge in [0.05, 0.1) is 6.54 Å².